The van der Waals surface area contributed by atoms with E-state index in [1.54, 1.807) is 18.9 Å². The van der Waals surface area contributed by atoms with Crippen LogP contribution in [0.5, 0.6) is 0 Å². The van der Waals surface area contributed by atoms with Gasteiger partial charge >= 0.3 is 12.0 Å². The first-order valence-corrected chi connectivity index (χ1v) is 11.0. The number of aliphatic carboxylic acids is 1. The number of nitrogens with one attached hydrogen (secondary N) is 1. The smallest absolute Gasteiger partial charge is 0.333 e. The van der Waals surface area contributed by atoms with Crippen LogP contribution >= 0.6 is 0 Å². The van der Waals surface area contributed by atoms with Crippen molar-refractivity contribution in [1.82, 2.24) is 5.32 Å². The fourth-order valence-corrected chi connectivity index (χ4v) is 4.04. The average Bonchev–Trinajstić information content (AvgIpc) is 3.31. The summed E-state index contributed by atoms with van der Waals surface area (Å²) in [5.74, 6) is -0.349. The highest BCUT2D eigenvalue weighted by atomic mass is 16.5. The van der Waals surface area contributed by atoms with Gasteiger partial charge in [0.05, 0.1) is 0 Å². The Morgan fingerprint density at radius 3 is 2.48 bits per heavy atom. The Morgan fingerprint density at radius 2 is 1.84 bits per heavy atom. The number of carboxylic acids is 1. The highest BCUT2D eigenvalue weighted by Gasteiger charge is 2.19. The minimum absolute atomic E-state index is 0.0879. The second kappa shape index (κ2) is 11.0. The number of anilines is 1. The predicted molar refractivity (Wildman–Crippen MR) is 122 cm³/mol. The Bertz CT molecular complexity index is 875. The molecule has 2 aromatic rings. The Hall–Kier alpha value is -2.86. The number of carbonyl (C=O) groups excluding carboxylic acids is 1. The molecule has 0 aromatic heterocycles. The van der Waals surface area contributed by atoms with E-state index < -0.39 is 12.1 Å². The van der Waals surface area contributed by atoms with Gasteiger partial charge in [-0.15, -0.1) is 0 Å². The lowest BCUT2D eigenvalue weighted by molar-refractivity contribution is -0.149. The standard InChI is InChI=1S/C25H32N2O4/c1-3-31-23(24(28)29)15-18-11-13-20(14-12-18)21-9-6-10-22(16-21)27(2)25(30)26-17-19-7-4-5-8-19/h6,9-14,16,19,23H,3-5,7-8,15,17H2,1-2H3,(H,26,30)(H,28,29)/t23-/m0/s1. The molecule has 0 saturated heterocycles. The fourth-order valence-electron chi connectivity index (χ4n) is 4.04. The number of ether oxygens (including phenoxy) is 1. The van der Waals surface area contributed by atoms with Crippen molar-refractivity contribution in [2.24, 2.45) is 5.92 Å². The molecule has 1 fully saturated rings. The van der Waals surface area contributed by atoms with Crippen LogP contribution in [0.3, 0.4) is 0 Å². The number of hydrogen-bond acceptors (Lipinski definition) is 3. The van der Waals surface area contributed by atoms with E-state index in [2.05, 4.69) is 5.32 Å². The van der Waals surface area contributed by atoms with Crippen LogP contribution in [0, 0.1) is 5.92 Å². The van der Waals surface area contributed by atoms with Gasteiger partial charge in [0.2, 0.25) is 0 Å². The lowest BCUT2D eigenvalue weighted by atomic mass is 10.0. The molecule has 1 atom stereocenters. The van der Waals surface area contributed by atoms with Crippen molar-refractivity contribution in [3.63, 3.8) is 0 Å². The molecule has 1 saturated carbocycles. The summed E-state index contributed by atoms with van der Waals surface area (Å²) in [7, 11) is 1.78. The van der Waals surface area contributed by atoms with Crippen LogP contribution in [0.2, 0.25) is 0 Å². The molecule has 1 aliphatic carbocycles. The van der Waals surface area contributed by atoms with Crippen LogP contribution in [0.4, 0.5) is 10.5 Å². The third kappa shape index (κ3) is 6.31. The molecule has 6 nitrogen and oxygen atoms in total. The lowest BCUT2D eigenvalue weighted by Crippen LogP contribution is -2.39. The van der Waals surface area contributed by atoms with E-state index in [0.717, 1.165) is 28.9 Å². The zero-order valence-electron chi connectivity index (χ0n) is 18.3. The molecule has 166 valence electrons. The number of carbonyl (C=O) groups is 2. The molecule has 2 aromatic carbocycles. The summed E-state index contributed by atoms with van der Waals surface area (Å²) in [6.45, 7) is 2.89. The van der Waals surface area contributed by atoms with Crippen LogP contribution in [0.1, 0.15) is 38.2 Å². The van der Waals surface area contributed by atoms with Gasteiger partial charge < -0.3 is 15.2 Å². The quantitative estimate of drug-likeness (QED) is 0.610. The second-order valence-electron chi connectivity index (χ2n) is 8.13. The molecule has 2 N–H and O–H groups in total. The second-order valence-corrected chi connectivity index (χ2v) is 8.13. The minimum Gasteiger partial charge on any atom is -0.479 e. The summed E-state index contributed by atoms with van der Waals surface area (Å²) in [4.78, 5) is 25.5. The Labute approximate surface area is 184 Å². The molecule has 3 rings (SSSR count). The molecule has 1 aliphatic rings. The molecule has 2 amide bonds. The average molecular weight is 425 g/mol. The van der Waals surface area contributed by atoms with E-state index >= 15 is 0 Å². The van der Waals surface area contributed by atoms with Gasteiger partial charge in [0.1, 0.15) is 0 Å². The van der Waals surface area contributed by atoms with Crippen molar-refractivity contribution in [3.05, 3.63) is 54.1 Å². The lowest BCUT2D eigenvalue weighted by Gasteiger charge is -2.20. The zero-order chi connectivity index (χ0) is 22.2. The Balaban J connectivity index is 1.64. The molecule has 6 heteroatoms. The van der Waals surface area contributed by atoms with Crippen LogP contribution in [-0.4, -0.2) is 43.4 Å². The maximum absolute atomic E-state index is 12.6. The summed E-state index contributed by atoms with van der Waals surface area (Å²) in [6, 6.07) is 15.6. The van der Waals surface area contributed by atoms with E-state index in [9.17, 15) is 14.7 Å². The molecule has 0 bridgehead atoms. The molecule has 0 unspecified atom stereocenters. The molecule has 0 radical (unpaired) electrons. The van der Waals surface area contributed by atoms with E-state index in [-0.39, 0.29) is 6.03 Å². The first-order valence-electron chi connectivity index (χ1n) is 11.0. The largest absolute Gasteiger partial charge is 0.479 e. The van der Waals surface area contributed by atoms with Gasteiger partial charge in [0, 0.05) is 32.3 Å². The van der Waals surface area contributed by atoms with Crippen molar-refractivity contribution < 1.29 is 19.4 Å². The number of benzene rings is 2. The van der Waals surface area contributed by atoms with Crippen molar-refractivity contribution in [3.8, 4) is 11.1 Å². The highest BCUT2D eigenvalue weighted by Crippen LogP contribution is 2.26. The monoisotopic (exact) mass is 424 g/mol. The highest BCUT2D eigenvalue weighted by molar-refractivity contribution is 5.92. The molecule has 31 heavy (non-hydrogen) atoms. The molecular weight excluding hydrogens is 392 g/mol. The van der Waals surface area contributed by atoms with Gasteiger partial charge in [-0.3, -0.25) is 4.90 Å². The normalized spacial score (nSPS) is 14.9. The summed E-state index contributed by atoms with van der Waals surface area (Å²) < 4.78 is 5.30. The van der Waals surface area contributed by atoms with Crippen LogP contribution in [-0.2, 0) is 16.0 Å². The van der Waals surface area contributed by atoms with Crippen LogP contribution in [0.25, 0.3) is 11.1 Å². The third-order valence-corrected chi connectivity index (χ3v) is 5.91. The van der Waals surface area contributed by atoms with E-state index in [0.29, 0.717) is 18.9 Å². The van der Waals surface area contributed by atoms with Gasteiger partial charge in [-0.25, -0.2) is 9.59 Å². The molecule has 0 spiro atoms. The first-order chi connectivity index (χ1) is 15.0. The van der Waals surface area contributed by atoms with Crippen molar-refractivity contribution >= 4 is 17.7 Å². The number of nitrogens with zero attached hydrogens (tertiary/aromatic N) is 1. The van der Waals surface area contributed by atoms with E-state index in [1.165, 1.54) is 25.7 Å². The number of urea groups is 1. The minimum atomic E-state index is -0.951. The number of hydrogen-bond donors (Lipinski definition) is 2. The summed E-state index contributed by atoms with van der Waals surface area (Å²) in [5, 5.41) is 12.3. The van der Waals surface area contributed by atoms with Gasteiger partial charge in [0.15, 0.2) is 6.10 Å². The van der Waals surface area contributed by atoms with E-state index in [4.69, 9.17) is 4.74 Å². The SMILES string of the molecule is CCO[C@@H](Cc1ccc(-c2cccc(N(C)C(=O)NCC3CCCC3)c2)cc1)C(=O)O. The summed E-state index contributed by atoms with van der Waals surface area (Å²) >= 11 is 0. The van der Waals surface area contributed by atoms with Gasteiger partial charge in [0.25, 0.3) is 0 Å². The number of rotatable bonds is 9. The zero-order valence-corrected chi connectivity index (χ0v) is 18.3. The summed E-state index contributed by atoms with van der Waals surface area (Å²) in [6.07, 6.45) is 4.42. The maximum atomic E-state index is 12.6. The first kappa shape index (κ1) is 22.8. The number of carboxylic acid groups (broad SMARTS) is 1. The predicted octanol–water partition coefficient (Wildman–Crippen LogP) is 4.72. The number of amides is 2. The maximum Gasteiger partial charge on any atom is 0.333 e. The van der Waals surface area contributed by atoms with Gasteiger partial charge in [-0.1, -0.05) is 49.2 Å². The van der Waals surface area contributed by atoms with E-state index in [1.807, 2.05) is 48.5 Å². The summed E-state index contributed by atoms with van der Waals surface area (Å²) in [5.41, 5.74) is 3.74. The van der Waals surface area contributed by atoms with Crippen LogP contribution in [0.15, 0.2) is 48.5 Å². The van der Waals surface area contributed by atoms with Crippen molar-refractivity contribution in [2.45, 2.75) is 45.1 Å². The topological polar surface area (TPSA) is 78.9 Å². The third-order valence-electron chi connectivity index (χ3n) is 5.91. The van der Waals surface area contributed by atoms with Crippen molar-refractivity contribution in [1.29, 1.82) is 0 Å². The van der Waals surface area contributed by atoms with Gasteiger partial charge in [-0.2, -0.15) is 0 Å². The fraction of sp³-hybridized carbons (Fsp3) is 0.440. The molecule has 0 aliphatic heterocycles. The Kier molecular flexibility index (Phi) is 8.06. The van der Waals surface area contributed by atoms with Gasteiger partial charge in [-0.05, 0) is 54.5 Å². The molecule has 0 heterocycles. The molecular formula is C25H32N2O4. The van der Waals surface area contributed by atoms with Crippen molar-refractivity contribution in [2.75, 3.05) is 25.1 Å². The Morgan fingerprint density at radius 1 is 1.13 bits per heavy atom. The van der Waals surface area contributed by atoms with Crippen LogP contribution < -0.4 is 10.2 Å².